The first kappa shape index (κ1) is 24.4. The Kier molecular flexibility index (Phi) is 11.1. The number of epoxide rings is 1. The van der Waals surface area contributed by atoms with Gasteiger partial charge in [-0.3, -0.25) is 19.8 Å². The summed E-state index contributed by atoms with van der Waals surface area (Å²) in [4.78, 5) is 36.8. The number of carbonyl (C=O) groups is 3. The Morgan fingerprint density at radius 3 is 2.21 bits per heavy atom. The minimum atomic E-state index is -0.837. The summed E-state index contributed by atoms with van der Waals surface area (Å²) < 4.78 is 5.22. The average Bonchev–Trinajstić information content (AvgIpc) is 3.41. The predicted molar refractivity (Wildman–Crippen MR) is 108 cm³/mol. The lowest BCUT2D eigenvalue weighted by atomic mass is 10.0. The van der Waals surface area contributed by atoms with Crippen molar-refractivity contribution in [3.8, 4) is 0 Å². The third kappa shape index (κ3) is 9.50. The molecule has 0 radical (unpaired) electrons. The van der Waals surface area contributed by atoms with E-state index in [1.165, 1.54) is 0 Å². The van der Waals surface area contributed by atoms with Crippen LogP contribution in [0.3, 0.4) is 0 Å². The fourth-order valence-corrected chi connectivity index (χ4v) is 2.76. The van der Waals surface area contributed by atoms with E-state index < -0.39 is 24.2 Å². The lowest BCUT2D eigenvalue weighted by Crippen LogP contribution is -2.49. The Labute approximate surface area is 168 Å². The van der Waals surface area contributed by atoms with Gasteiger partial charge in [0.05, 0.1) is 0 Å². The quantitative estimate of drug-likeness (QED) is 0.200. The molecule has 1 saturated heterocycles. The van der Waals surface area contributed by atoms with Crippen LogP contribution in [0, 0.1) is 11.8 Å². The predicted octanol–water partition coefficient (Wildman–Crippen LogP) is 1.26. The molecule has 1 rings (SSSR count). The summed E-state index contributed by atoms with van der Waals surface area (Å²) in [6.07, 6.45) is 2.93. The van der Waals surface area contributed by atoms with Crippen LogP contribution in [0.2, 0.25) is 0 Å². The first-order valence-electron chi connectivity index (χ1n) is 10.5. The third-order valence-electron chi connectivity index (χ3n) is 4.49. The van der Waals surface area contributed by atoms with Gasteiger partial charge in [-0.2, -0.15) is 0 Å². The van der Waals surface area contributed by atoms with Crippen LogP contribution in [-0.2, 0) is 19.1 Å². The Hall–Kier alpha value is -1.67. The van der Waals surface area contributed by atoms with Gasteiger partial charge in [0.15, 0.2) is 12.2 Å². The van der Waals surface area contributed by atoms with Gasteiger partial charge in [0.2, 0.25) is 5.91 Å². The summed E-state index contributed by atoms with van der Waals surface area (Å²) in [6, 6.07) is -0.625. The highest BCUT2D eigenvalue weighted by Crippen LogP contribution is 2.22. The molecule has 3 atom stereocenters. The number of hydrazine groups is 1. The van der Waals surface area contributed by atoms with Crippen molar-refractivity contribution in [1.29, 1.82) is 0 Å². The highest BCUT2D eigenvalue weighted by molar-refractivity contribution is 5.96. The fraction of sp³-hybridized carbons (Fsp3) is 0.850. The molecule has 0 unspecified atom stereocenters. The second kappa shape index (κ2) is 12.7. The molecule has 0 aromatic rings. The Morgan fingerprint density at radius 1 is 0.929 bits per heavy atom. The van der Waals surface area contributed by atoms with E-state index in [9.17, 15) is 14.4 Å². The largest absolute Gasteiger partial charge is 0.354 e. The highest BCUT2D eigenvalue weighted by atomic mass is 16.6. The molecule has 0 saturated carbocycles. The monoisotopic (exact) mass is 398 g/mol. The number of hydrogen-bond acceptors (Lipinski definition) is 5. The normalized spacial score (nSPS) is 19.4. The van der Waals surface area contributed by atoms with Crippen LogP contribution in [0.1, 0.15) is 66.7 Å². The zero-order chi connectivity index (χ0) is 21.1. The molecule has 162 valence electrons. The van der Waals surface area contributed by atoms with E-state index in [2.05, 4.69) is 42.3 Å². The van der Waals surface area contributed by atoms with Crippen molar-refractivity contribution < 1.29 is 19.1 Å². The van der Waals surface area contributed by atoms with Crippen molar-refractivity contribution in [3.63, 3.8) is 0 Å². The topological polar surface area (TPSA) is 112 Å². The van der Waals surface area contributed by atoms with Crippen molar-refractivity contribution in [3.05, 3.63) is 0 Å². The molecule has 4 N–H and O–H groups in total. The number of carbonyl (C=O) groups excluding carboxylic acids is 3. The van der Waals surface area contributed by atoms with Gasteiger partial charge in [-0.05, 0) is 31.1 Å². The molecule has 1 aliphatic rings. The summed E-state index contributed by atoms with van der Waals surface area (Å²) in [5, 5.41) is 5.62. The van der Waals surface area contributed by atoms with Crippen LogP contribution in [0.15, 0.2) is 0 Å². The third-order valence-corrected chi connectivity index (χ3v) is 4.49. The van der Waals surface area contributed by atoms with E-state index in [0.29, 0.717) is 25.4 Å². The van der Waals surface area contributed by atoms with E-state index >= 15 is 0 Å². The number of unbranched alkanes of at least 4 members (excludes halogenated alkanes) is 2. The lowest BCUT2D eigenvalue weighted by molar-refractivity contribution is -0.130. The summed E-state index contributed by atoms with van der Waals surface area (Å²) in [5.41, 5.74) is 5.40. The van der Waals surface area contributed by atoms with Gasteiger partial charge < -0.3 is 15.4 Å². The summed E-state index contributed by atoms with van der Waals surface area (Å²) in [6.45, 7) is 11.5. The van der Waals surface area contributed by atoms with Crippen molar-refractivity contribution in [1.82, 2.24) is 21.5 Å². The molecule has 1 fully saturated rings. The van der Waals surface area contributed by atoms with Crippen LogP contribution < -0.4 is 21.5 Å². The Bertz CT molecular complexity index is 510. The van der Waals surface area contributed by atoms with Gasteiger partial charge in [0, 0.05) is 13.1 Å². The van der Waals surface area contributed by atoms with Crippen molar-refractivity contribution in [2.24, 2.45) is 11.8 Å². The molecule has 0 aromatic heterocycles. The molecule has 1 aliphatic heterocycles. The smallest absolute Gasteiger partial charge is 0.266 e. The minimum absolute atomic E-state index is 0.193. The van der Waals surface area contributed by atoms with Gasteiger partial charge in [-0.25, -0.2) is 5.43 Å². The van der Waals surface area contributed by atoms with Crippen molar-refractivity contribution in [2.75, 3.05) is 13.1 Å². The van der Waals surface area contributed by atoms with E-state index in [4.69, 9.17) is 4.74 Å². The minimum Gasteiger partial charge on any atom is -0.354 e. The molecule has 1 heterocycles. The van der Waals surface area contributed by atoms with Crippen LogP contribution in [0.5, 0.6) is 0 Å². The molecule has 28 heavy (non-hydrogen) atoms. The molecule has 0 aromatic carbocycles. The zero-order valence-corrected chi connectivity index (χ0v) is 18.0. The Morgan fingerprint density at radius 2 is 1.61 bits per heavy atom. The van der Waals surface area contributed by atoms with E-state index in [0.717, 1.165) is 25.7 Å². The molecule has 3 amide bonds. The van der Waals surface area contributed by atoms with Gasteiger partial charge in [-0.1, -0.05) is 47.5 Å². The van der Waals surface area contributed by atoms with Crippen LogP contribution in [0.25, 0.3) is 0 Å². The zero-order valence-electron chi connectivity index (χ0n) is 18.0. The molecular formula is C20H38N4O4. The highest BCUT2D eigenvalue weighted by Gasteiger charge is 2.51. The molecule has 0 spiro atoms. The summed E-state index contributed by atoms with van der Waals surface area (Å²) in [5.74, 6) is -0.239. The van der Waals surface area contributed by atoms with Crippen LogP contribution >= 0.6 is 0 Å². The van der Waals surface area contributed by atoms with Gasteiger partial charge in [-0.15, -0.1) is 0 Å². The van der Waals surface area contributed by atoms with E-state index in [-0.39, 0.29) is 17.7 Å². The van der Waals surface area contributed by atoms with Crippen molar-refractivity contribution >= 4 is 17.7 Å². The number of hydrogen-bond donors (Lipinski definition) is 4. The van der Waals surface area contributed by atoms with Gasteiger partial charge in [0.25, 0.3) is 11.8 Å². The number of rotatable bonds is 14. The molecule has 8 heteroatoms. The molecular weight excluding hydrogens is 360 g/mol. The maximum absolute atomic E-state index is 12.4. The number of ether oxygens (including phenoxy) is 1. The van der Waals surface area contributed by atoms with Crippen LogP contribution in [-0.4, -0.2) is 49.1 Å². The van der Waals surface area contributed by atoms with Crippen molar-refractivity contribution in [2.45, 2.75) is 85.0 Å². The second-order valence-corrected chi connectivity index (χ2v) is 8.26. The second-order valence-electron chi connectivity index (χ2n) is 8.26. The van der Waals surface area contributed by atoms with Crippen LogP contribution in [0.4, 0.5) is 0 Å². The maximum Gasteiger partial charge on any atom is 0.266 e. The Balaban J connectivity index is 2.42. The lowest BCUT2D eigenvalue weighted by Gasteiger charge is -2.20. The molecule has 0 bridgehead atoms. The molecule has 0 aliphatic carbocycles. The maximum atomic E-state index is 12.4. The first-order valence-corrected chi connectivity index (χ1v) is 10.5. The number of nitrogens with one attached hydrogen (secondary N) is 4. The first-order chi connectivity index (χ1) is 13.3. The summed E-state index contributed by atoms with van der Waals surface area (Å²) in [7, 11) is 0. The van der Waals surface area contributed by atoms with E-state index in [1.54, 1.807) is 0 Å². The fourth-order valence-electron chi connectivity index (χ4n) is 2.76. The average molecular weight is 399 g/mol. The number of amides is 3. The standard InChI is InChI=1S/C20H38N4O4/c1-6-7-8-10-22-24-20(27)17-16(28-17)19(26)23-15(12-14(4)5)18(25)21-11-9-13(2)3/h13-17,22H,6-12H2,1-5H3,(H,21,25)(H,23,26)(H,24,27)/t15-,16-,17-/m0/s1. The van der Waals surface area contributed by atoms with E-state index in [1.807, 2.05) is 13.8 Å². The molecule has 8 nitrogen and oxygen atoms in total. The summed E-state index contributed by atoms with van der Waals surface area (Å²) >= 11 is 0. The van der Waals surface area contributed by atoms with Gasteiger partial charge >= 0.3 is 0 Å². The SMILES string of the molecule is CCCCCNNC(=O)[C@H]1O[C@@H]1C(=O)N[C@@H](CC(C)C)C(=O)NCCC(C)C. The van der Waals surface area contributed by atoms with Gasteiger partial charge in [0.1, 0.15) is 6.04 Å².